The molecule has 16 heteroatoms. The monoisotopic (exact) mass is 772 g/mol. The van der Waals surface area contributed by atoms with E-state index >= 15 is 0 Å². The van der Waals surface area contributed by atoms with Gasteiger partial charge in [-0.3, -0.25) is 40.5 Å². The number of nitro groups is 4. The van der Waals surface area contributed by atoms with E-state index in [1.807, 2.05) is 27.7 Å². The fourth-order valence-corrected chi connectivity index (χ4v) is 6.85. The molecular formula is C40H44N4O12. The van der Waals surface area contributed by atoms with E-state index in [4.69, 9.17) is 18.9 Å². The molecule has 0 N–H and O–H groups in total. The summed E-state index contributed by atoms with van der Waals surface area (Å²) in [5, 5.41) is 48.6. The molecule has 0 aromatic heterocycles. The third-order valence-electron chi connectivity index (χ3n) is 9.22. The molecule has 0 amide bonds. The van der Waals surface area contributed by atoms with Gasteiger partial charge in [-0.05, 0) is 38.2 Å². The highest BCUT2D eigenvalue weighted by Gasteiger charge is 2.36. The van der Waals surface area contributed by atoms with Gasteiger partial charge in [0.05, 0.1) is 46.1 Å². The van der Waals surface area contributed by atoms with Crippen LogP contribution < -0.4 is 18.9 Å². The highest BCUT2D eigenvalue weighted by molar-refractivity contribution is 5.65. The third kappa shape index (κ3) is 9.13. The third-order valence-corrected chi connectivity index (χ3v) is 9.22. The van der Waals surface area contributed by atoms with Crippen molar-refractivity contribution in [3.8, 4) is 23.0 Å². The van der Waals surface area contributed by atoms with Crippen LogP contribution in [0, 0.1) is 40.5 Å². The standard InChI is InChI=1S/C40H44N4O12/c1-5-11-53-37-10-9-30(41(45)46)17-25(37)15-26-18-31(42(47)48)19-27(38(26)54-12-6-2)16-28-20-32(43(49)50)23-35(39(28)55-13-7-3)34-22-29-21-33(44(51)52)24-36(34)40(29)56-14-8-4/h9-10,17-21,23-24,34H,5-8,11-16,22H2,1-4H3. The second-order valence-electron chi connectivity index (χ2n) is 13.5. The van der Waals surface area contributed by atoms with E-state index in [0.29, 0.717) is 101 Å². The van der Waals surface area contributed by atoms with Crippen LogP contribution in [-0.4, -0.2) is 46.1 Å². The first-order chi connectivity index (χ1) is 26.9. The van der Waals surface area contributed by atoms with Crippen LogP contribution in [0.5, 0.6) is 23.0 Å². The first kappa shape index (κ1) is 40.9. The molecule has 5 rings (SSSR count). The normalized spacial score (nSPS) is 13.0. The van der Waals surface area contributed by atoms with Crippen molar-refractivity contribution in [3.05, 3.63) is 134 Å². The van der Waals surface area contributed by atoms with Crippen molar-refractivity contribution in [2.45, 2.75) is 78.6 Å². The van der Waals surface area contributed by atoms with E-state index in [2.05, 4.69) is 0 Å². The maximum atomic E-state index is 12.5. The lowest BCUT2D eigenvalue weighted by Gasteiger charge is -2.22. The summed E-state index contributed by atoms with van der Waals surface area (Å²) in [6, 6.07) is 12.6. The van der Waals surface area contributed by atoms with Crippen molar-refractivity contribution in [1.29, 1.82) is 0 Å². The quantitative estimate of drug-likeness (QED) is 0.0573. The minimum Gasteiger partial charge on any atom is -0.493 e. The van der Waals surface area contributed by atoms with Crippen molar-refractivity contribution in [3.63, 3.8) is 0 Å². The molecule has 0 saturated carbocycles. The van der Waals surface area contributed by atoms with Gasteiger partial charge in [-0.1, -0.05) is 27.7 Å². The number of fused-ring (bicyclic) bond motifs is 2. The maximum Gasteiger partial charge on any atom is 0.270 e. The molecule has 56 heavy (non-hydrogen) atoms. The van der Waals surface area contributed by atoms with E-state index in [1.54, 1.807) is 0 Å². The van der Waals surface area contributed by atoms with Crippen molar-refractivity contribution >= 4 is 22.7 Å². The van der Waals surface area contributed by atoms with Crippen LogP contribution in [0.3, 0.4) is 0 Å². The molecule has 1 aliphatic carbocycles. The number of ether oxygens (including phenoxy) is 4. The SMILES string of the molecule is CCCOc1ccc([N+](=O)[O-])cc1Cc1cc([N+](=O)[O-])cc(Cc2cc([N+](=O)[O-])cc(C3Cc4cc([N+](=O)[O-])cc3c4OCCC)c2OCCC)c1OCCC. The summed E-state index contributed by atoms with van der Waals surface area (Å²) in [6.07, 6.45) is 2.67. The van der Waals surface area contributed by atoms with Crippen molar-refractivity contribution < 1.29 is 38.6 Å². The van der Waals surface area contributed by atoms with Crippen molar-refractivity contribution in [2.75, 3.05) is 26.4 Å². The predicted molar refractivity (Wildman–Crippen MR) is 207 cm³/mol. The Kier molecular flexibility index (Phi) is 13.4. The summed E-state index contributed by atoms with van der Waals surface area (Å²) in [4.78, 5) is 46.5. The zero-order valence-corrected chi connectivity index (χ0v) is 31.7. The zero-order valence-electron chi connectivity index (χ0n) is 31.7. The predicted octanol–water partition coefficient (Wildman–Crippen LogP) is 9.34. The molecule has 296 valence electrons. The van der Waals surface area contributed by atoms with E-state index < -0.39 is 25.6 Å². The summed E-state index contributed by atoms with van der Waals surface area (Å²) in [6.45, 7) is 8.80. The molecule has 0 fully saturated rings. The summed E-state index contributed by atoms with van der Waals surface area (Å²) >= 11 is 0. The molecule has 0 radical (unpaired) electrons. The molecule has 0 aliphatic heterocycles. The first-order valence-electron chi connectivity index (χ1n) is 18.6. The molecule has 16 nitrogen and oxygen atoms in total. The number of benzene rings is 4. The van der Waals surface area contributed by atoms with Gasteiger partial charge in [0.15, 0.2) is 0 Å². The Hall–Kier alpha value is -6.32. The summed E-state index contributed by atoms with van der Waals surface area (Å²) in [7, 11) is 0. The van der Waals surface area contributed by atoms with Gasteiger partial charge in [-0.15, -0.1) is 0 Å². The molecule has 1 aliphatic rings. The fraction of sp³-hybridized carbons (Fsp3) is 0.400. The molecule has 4 aromatic rings. The first-order valence-corrected chi connectivity index (χ1v) is 18.6. The van der Waals surface area contributed by atoms with Crippen molar-refractivity contribution in [2.24, 2.45) is 0 Å². The van der Waals surface area contributed by atoms with Crippen LogP contribution in [0.1, 0.15) is 98.2 Å². The van der Waals surface area contributed by atoms with Crippen LogP contribution >= 0.6 is 0 Å². The Labute approximate surface area is 323 Å². The molecule has 1 unspecified atom stereocenters. The van der Waals surface area contributed by atoms with E-state index in [0.717, 1.165) is 0 Å². The summed E-state index contributed by atoms with van der Waals surface area (Å²) < 4.78 is 24.6. The van der Waals surface area contributed by atoms with E-state index in [-0.39, 0.29) is 55.2 Å². The van der Waals surface area contributed by atoms with Crippen LogP contribution in [-0.2, 0) is 19.3 Å². The number of hydrogen-bond donors (Lipinski definition) is 0. The Bertz CT molecular complexity index is 2140. The molecule has 0 saturated heterocycles. The number of nitro benzene ring substituents is 4. The van der Waals surface area contributed by atoms with Crippen molar-refractivity contribution in [1.82, 2.24) is 0 Å². The van der Waals surface area contributed by atoms with E-state index in [9.17, 15) is 40.5 Å². The lowest BCUT2D eigenvalue weighted by Crippen LogP contribution is -2.10. The Balaban J connectivity index is 1.72. The molecule has 0 heterocycles. The van der Waals surface area contributed by atoms with Gasteiger partial charge < -0.3 is 18.9 Å². The minimum atomic E-state index is -0.594. The average Bonchev–Trinajstić information content (AvgIpc) is 3.36. The minimum absolute atomic E-state index is 0.0230. The van der Waals surface area contributed by atoms with Gasteiger partial charge in [0.2, 0.25) is 0 Å². The van der Waals surface area contributed by atoms with Gasteiger partial charge in [0.25, 0.3) is 22.7 Å². The van der Waals surface area contributed by atoms with Gasteiger partial charge in [0.1, 0.15) is 23.0 Å². The second kappa shape index (κ2) is 18.3. The number of hydrogen-bond acceptors (Lipinski definition) is 12. The smallest absolute Gasteiger partial charge is 0.270 e. The molecule has 2 bridgehead atoms. The Morgan fingerprint density at radius 1 is 0.500 bits per heavy atom. The second-order valence-corrected chi connectivity index (χ2v) is 13.5. The number of non-ortho nitro benzene ring substituents is 4. The highest BCUT2D eigenvalue weighted by atomic mass is 16.6. The molecular weight excluding hydrogens is 728 g/mol. The lowest BCUT2D eigenvalue weighted by atomic mass is 9.88. The maximum absolute atomic E-state index is 12.5. The fourth-order valence-electron chi connectivity index (χ4n) is 6.85. The van der Waals surface area contributed by atoms with Gasteiger partial charge in [0, 0.05) is 106 Å². The summed E-state index contributed by atoms with van der Waals surface area (Å²) in [5.41, 5.74) is 2.16. The number of rotatable bonds is 21. The molecule has 0 spiro atoms. The largest absolute Gasteiger partial charge is 0.493 e. The molecule has 4 aromatic carbocycles. The Morgan fingerprint density at radius 2 is 0.911 bits per heavy atom. The van der Waals surface area contributed by atoms with Gasteiger partial charge in [-0.25, -0.2) is 0 Å². The summed E-state index contributed by atoms with van der Waals surface area (Å²) in [5.74, 6) is 0.894. The highest BCUT2D eigenvalue weighted by Crippen LogP contribution is 2.51. The number of nitrogens with zero attached hydrogens (tertiary/aromatic N) is 4. The average molecular weight is 773 g/mol. The molecule has 1 atom stereocenters. The zero-order chi connectivity index (χ0) is 40.5. The van der Waals surface area contributed by atoms with Crippen LogP contribution in [0.25, 0.3) is 0 Å². The topological polar surface area (TPSA) is 209 Å². The lowest BCUT2D eigenvalue weighted by molar-refractivity contribution is -0.385. The van der Waals surface area contributed by atoms with Gasteiger partial charge >= 0.3 is 0 Å². The van der Waals surface area contributed by atoms with Crippen LogP contribution in [0.4, 0.5) is 22.7 Å². The van der Waals surface area contributed by atoms with Crippen LogP contribution in [0.2, 0.25) is 0 Å². The van der Waals surface area contributed by atoms with Crippen LogP contribution in [0.15, 0.2) is 54.6 Å². The van der Waals surface area contributed by atoms with Gasteiger partial charge in [-0.2, -0.15) is 0 Å². The van der Waals surface area contributed by atoms with E-state index in [1.165, 1.54) is 54.6 Å². The Morgan fingerprint density at radius 3 is 1.45 bits per heavy atom.